The molecule has 0 aliphatic carbocycles. The Bertz CT molecular complexity index is 498. The van der Waals surface area contributed by atoms with Gasteiger partial charge in [0.1, 0.15) is 0 Å². The molecule has 1 aliphatic rings. The Morgan fingerprint density at radius 2 is 1.94 bits per heavy atom. The fourth-order valence-corrected chi connectivity index (χ4v) is 1.87. The maximum atomic E-state index is 11.5. The third kappa shape index (κ3) is 2.14. The van der Waals surface area contributed by atoms with E-state index in [4.69, 9.17) is 11.6 Å². The van der Waals surface area contributed by atoms with Crippen molar-refractivity contribution in [3.8, 4) is 0 Å². The van der Waals surface area contributed by atoms with Crippen molar-refractivity contribution in [2.24, 2.45) is 0 Å². The maximum Gasteiger partial charge on any atom is 0.331 e. The molecular formula is C11H9ClN2O4. The molecule has 1 unspecified atom stereocenters. The summed E-state index contributed by atoms with van der Waals surface area (Å²) >= 11 is 5.71. The first-order valence-electron chi connectivity index (χ1n) is 5.09. The number of aliphatic carboxylic acids is 1. The number of hydrogen-bond donors (Lipinski definition) is 2. The number of rotatable bonds is 3. The van der Waals surface area contributed by atoms with E-state index in [1.807, 2.05) is 0 Å². The van der Waals surface area contributed by atoms with Crippen LogP contribution in [0.25, 0.3) is 0 Å². The number of nitrogens with one attached hydrogen (secondary N) is 1. The number of carbonyl (C=O) groups excluding carboxylic acids is 2. The Kier molecular flexibility index (Phi) is 3.20. The molecule has 1 aliphatic heterocycles. The number of halogens is 1. The van der Waals surface area contributed by atoms with E-state index >= 15 is 0 Å². The number of carbonyl (C=O) groups is 3. The highest BCUT2D eigenvalue weighted by atomic mass is 35.5. The quantitative estimate of drug-likeness (QED) is 0.801. The number of amides is 3. The minimum Gasteiger partial charge on any atom is -0.479 e. The van der Waals surface area contributed by atoms with Crippen LogP contribution in [-0.2, 0) is 9.59 Å². The van der Waals surface area contributed by atoms with E-state index in [-0.39, 0.29) is 6.54 Å². The van der Waals surface area contributed by atoms with Gasteiger partial charge in [0.25, 0.3) is 5.91 Å². The van der Waals surface area contributed by atoms with E-state index in [9.17, 15) is 19.5 Å². The lowest BCUT2D eigenvalue weighted by molar-refractivity contribution is -0.146. The Morgan fingerprint density at radius 1 is 1.33 bits per heavy atom. The molecule has 1 aromatic carbocycles. The first-order chi connectivity index (χ1) is 8.50. The predicted molar refractivity (Wildman–Crippen MR) is 62.1 cm³/mol. The van der Waals surface area contributed by atoms with Crippen molar-refractivity contribution in [1.29, 1.82) is 0 Å². The third-order valence-electron chi connectivity index (χ3n) is 2.56. The van der Waals surface area contributed by atoms with Crippen molar-refractivity contribution >= 4 is 29.5 Å². The van der Waals surface area contributed by atoms with Crippen LogP contribution < -0.4 is 5.32 Å². The molecule has 1 heterocycles. The molecule has 1 fully saturated rings. The van der Waals surface area contributed by atoms with Crippen LogP contribution in [0.2, 0.25) is 5.02 Å². The Morgan fingerprint density at radius 3 is 2.39 bits per heavy atom. The fraction of sp³-hybridized carbons (Fsp3) is 0.182. The van der Waals surface area contributed by atoms with Gasteiger partial charge in [-0.1, -0.05) is 23.7 Å². The topological polar surface area (TPSA) is 86.7 Å². The van der Waals surface area contributed by atoms with Crippen molar-refractivity contribution in [1.82, 2.24) is 10.2 Å². The van der Waals surface area contributed by atoms with Gasteiger partial charge >= 0.3 is 12.0 Å². The molecule has 2 rings (SSSR count). The van der Waals surface area contributed by atoms with Gasteiger partial charge in [0, 0.05) is 5.02 Å². The summed E-state index contributed by atoms with van der Waals surface area (Å²) in [5.74, 6) is -1.84. The van der Waals surface area contributed by atoms with E-state index in [0.29, 0.717) is 15.5 Å². The van der Waals surface area contributed by atoms with Crippen LogP contribution in [0.4, 0.5) is 4.79 Å². The number of nitrogens with zero attached hydrogens (tertiary/aromatic N) is 1. The average Bonchev–Trinajstić information content (AvgIpc) is 2.63. The number of carboxylic acids is 1. The first kappa shape index (κ1) is 12.4. The molecule has 18 heavy (non-hydrogen) atoms. The second kappa shape index (κ2) is 4.66. The second-order valence-corrected chi connectivity index (χ2v) is 4.15. The van der Waals surface area contributed by atoms with Crippen LogP contribution in [-0.4, -0.2) is 34.5 Å². The molecule has 94 valence electrons. The summed E-state index contributed by atoms with van der Waals surface area (Å²) in [4.78, 5) is 35.0. The summed E-state index contributed by atoms with van der Waals surface area (Å²) in [5, 5.41) is 11.9. The van der Waals surface area contributed by atoms with Gasteiger partial charge in [0.05, 0.1) is 6.54 Å². The maximum absolute atomic E-state index is 11.5. The molecule has 0 spiro atoms. The van der Waals surface area contributed by atoms with E-state index in [2.05, 4.69) is 5.32 Å². The molecule has 6 nitrogen and oxygen atoms in total. The minimum absolute atomic E-state index is 0.184. The minimum atomic E-state index is -1.34. The molecule has 2 N–H and O–H groups in total. The molecule has 0 saturated carbocycles. The van der Waals surface area contributed by atoms with Crippen LogP contribution in [0.1, 0.15) is 11.6 Å². The van der Waals surface area contributed by atoms with Gasteiger partial charge in [-0.05, 0) is 17.7 Å². The molecule has 7 heteroatoms. The van der Waals surface area contributed by atoms with Gasteiger partial charge in [-0.2, -0.15) is 0 Å². The van der Waals surface area contributed by atoms with Crippen LogP contribution in [0.5, 0.6) is 0 Å². The largest absolute Gasteiger partial charge is 0.479 e. The zero-order valence-corrected chi connectivity index (χ0v) is 9.85. The highest BCUT2D eigenvalue weighted by molar-refractivity contribution is 6.30. The highest BCUT2D eigenvalue weighted by Gasteiger charge is 2.39. The smallest absolute Gasteiger partial charge is 0.331 e. The number of imide groups is 1. The zero-order chi connectivity index (χ0) is 13.3. The lowest BCUT2D eigenvalue weighted by Gasteiger charge is -2.21. The van der Waals surface area contributed by atoms with E-state index < -0.39 is 23.9 Å². The summed E-state index contributed by atoms with van der Waals surface area (Å²) in [7, 11) is 0. The summed E-state index contributed by atoms with van der Waals surface area (Å²) in [6, 6.07) is 3.91. The molecule has 1 atom stereocenters. The molecule has 1 aromatic rings. The normalized spacial score (nSPS) is 16.6. The van der Waals surface area contributed by atoms with E-state index in [1.54, 1.807) is 0 Å². The van der Waals surface area contributed by atoms with Crippen LogP contribution in [0, 0.1) is 0 Å². The van der Waals surface area contributed by atoms with E-state index in [0.717, 1.165) is 0 Å². The molecule has 3 amide bonds. The Labute approximate surface area is 107 Å². The number of benzene rings is 1. The number of carboxylic acid groups (broad SMARTS) is 1. The van der Waals surface area contributed by atoms with Crippen LogP contribution >= 0.6 is 11.6 Å². The van der Waals surface area contributed by atoms with Crippen molar-refractivity contribution < 1.29 is 19.5 Å². The molecule has 1 saturated heterocycles. The monoisotopic (exact) mass is 268 g/mol. The molecule has 0 aromatic heterocycles. The highest BCUT2D eigenvalue weighted by Crippen LogP contribution is 2.24. The molecule has 0 radical (unpaired) electrons. The second-order valence-electron chi connectivity index (χ2n) is 3.71. The van der Waals surface area contributed by atoms with E-state index in [1.165, 1.54) is 24.3 Å². The lowest BCUT2D eigenvalue weighted by Crippen LogP contribution is -2.39. The summed E-state index contributed by atoms with van der Waals surface area (Å²) < 4.78 is 0. The SMILES string of the molecule is O=C(O)C(c1ccc(Cl)cc1)N1C(=O)CNC1=O. The van der Waals surface area contributed by atoms with Crippen LogP contribution in [0.3, 0.4) is 0 Å². The summed E-state index contributed by atoms with van der Waals surface area (Å²) in [5.41, 5.74) is 0.317. The van der Waals surface area contributed by atoms with Crippen molar-refractivity contribution in [2.75, 3.05) is 6.54 Å². The lowest BCUT2D eigenvalue weighted by atomic mass is 10.1. The van der Waals surface area contributed by atoms with Gasteiger partial charge in [-0.3, -0.25) is 4.79 Å². The van der Waals surface area contributed by atoms with Gasteiger partial charge in [0.15, 0.2) is 6.04 Å². The van der Waals surface area contributed by atoms with Gasteiger partial charge < -0.3 is 10.4 Å². The summed E-state index contributed by atoms with van der Waals surface area (Å²) in [6.45, 7) is -0.184. The molecular weight excluding hydrogens is 260 g/mol. The fourth-order valence-electron chi connectivity index (χ4n) is 1.74. The van der Waals surface area contributed by atoms with Crippen LogP contribution in [0.15, 0.2) is 24.3 Å². The number of urea groups is 1. The van der Waals surface area contributed by atoms with Gasteiger partial charge in [-0.25, -0.2) is 14.5 Å². The van der Waals surface area contributed by atoms with Crippen molar-refractivity contribution in [2.45, 2.75) is 6.04 Å². The zero-order valence-electron chi connectivity index (χ0n) is 9.09. The Balaban J connectivity index is 2.40. The van der Waals surface area contributed by atoms with Crippen molar-refractivity contribution in [3.05, 3.63) is 34.9 Å². The predicted octanol–water partition coefficient (Wildman–Crippen LogP) is 1.02. The van der Waals surface area contributed by atoms with Gasteiger partial charge in [-0.15, -0.1) is 0 Å². The van der Waals surface area contributed by atoms with Crippen molar-refractivity contribution in [3.63, 3.8) is 0 Å². The summed E-state index contributed by atoms with van der Waals surface area (Å²) in [6.07, 6.45) is 0. The standard InChI is InChI=1S/C11H9ClN2O4/c12-7-3-1-6(2-4-7)9(10(16)17)14-8(15)5-13-11(14)18/h1-4,9H,5H2,(H,13,18)(H,16,17). The number of hydrogen-bond acceptors (Lipinski definition) is 3. The third-order valence-corrected chi connectivity index (χ3v) is 2.81. The average molecular weight is 269 g/mol. The van der Waals surface area contributed by atoms with Gasteiger partial charge in [0.2, 0.25) is 0 Å². The first-order valence-corrected chi connectivity index (χ1v) is 5.46. The molecule has 0 bridgehead atoms. The Hall–Kier alpha value is -2.08.